The number of hydrogen-bond acceptors (Lipinski definition) is 0. The maximum absolute atomic E-state index is 6.46. The van der Waals surface area contributed by atoms with E-state index in [1.807, 2.05) is 12.2 Å². The summed E-state index contributed by atoms with van der Waals surface area (Å²) in [5, 5.41) is 0.620. The Morgan fingerprint density at radius 3 is 2.47 bits per heavy atom. The van der Waals surface area contributed by atoms with Crippen LogP contribution < -0.4 is 12.4 Å². The summed E-state index contributed by atoms with van der Waals surface area (Å²) in [6.45, 7) is 8.06. The first-order valence-electron chi connectivity index (χ1n) is 6.09. The molecule has 0 amide bonds. The van der Waals surface area contributed by atoms with Crippen LogP contribution in [0.15, 0.2) is 23.3 Å². The zero-order chi connectivity index (χ0) is 13.8. The number of quaternary nitrogens is 1. The van der Waals surface area contributed by atoms with Gasteiger partial charge in [-0.25, -0.2) is 0 Å². The molecule has 19 heavy (non-hydrogen) atoms. The summed E-state index contributed by atoms with van der Waals surface area (Å²) in [6.07, 6.45) is 11.5. The monoisotopic (exact) mass is 433 g/mol. The molecule has 0 fully saturated rings. The van der Waals surface area contributed by atoms with E-state index in [-0.39, 0.29) is 21.2 Å². The summed E-state index contributed by atoms with van der Waals surface area (Å²) in [5.41, 5.74) is 0. The average molecular weight is 435 g/mol. The van der Waals surface area contributed by atoms with Gasteiger partial charge in [-0.15, -0.1) is 18.0 Å². The van der Waals surface area contributed by atoms with Gasteiger partial charge < -0.3 is 16.9 Å². The third kappa shape index (κ3) is 4.82. The van der Waals surface area contributed by atoms with Crippen molar-refractivity contribution in [1.29, 1.82) is 0 Å². The lowest BCUT2D eigenvalue weighted by Gasteiger charge is -2.42. The molecule has 1 nitrogen and oxygen atoms in total. The second-order valence-corrected chi connectivity index (χ2v) is 7.62. The Morgan fingerprint density at radius 1 is 1.47 bits per heavy atom. The van der Waals surface area contributed by atoms with Crippen LogP contribution in [0.1, 0.15) is 13.8 Å². The van der Waals surface area contributed by atoms with Gasteiger partial charge >= 0.3 is 0 Å². The fourth-order valence-corrected chi connectivity index (χ4v) is 3.83. The maximum atomic E-state index is 6.46. The van der Waals surface area contributed by atoms with Gasteiger partial charge in [0.2, 0.25) is 0 Å². The minimum atomic E-state index is -0.124. The zero-order valence-electron chi connectivity index (χ0n) is 11.2. The van der Waals surface area contributed by atoms with Crippen molar-refractivity contribution in [2.24, 2.45) is 0 Å². The van der Waals surface area contributed by atoms with Gasteiger partial charge in [0, 0.05) is 5.03 Å². The Labute approximate surface area is 146 Å². The minimum absolute atomic E-state index is 0. The Morgan fingerprint density at radius 2 is 2.05 bits per heavy atom. The fourth-order valence-electron chi connectivity index (χ4n) is 2.22. The molecule has 0 bridgehead atoms. The second-order valence-electron chi connectivity index (χ2n) is 4.71. The number of allylic oxidation sites excluding steroid dienone is 3. The molecule has 0 radical (unpaired) electrons. The Kier molecular flexibility index (Phi) is 8.40. The van der Waals surface area contributed by atoms with E-state index in [1.165, 1.54) is 0 Å². The highest BCUT2D eigenvalue weighted by molar-refractivity contribution is 14.1. The van der Waals surface area contributed by atoms with E-state index in [9.17, 15) is 0 Å². The molecule has 0 saturated carbocycles. The summed E-state index contributed by atoms with van der Waals surface area (Å²) in [5.74, 6) is 2.80. The van der Waals surface area contributed by atoms with E-state index in [0.717, 1.165) is 30.7 Å². The van der Waals surface area contributed by atoms with Gasteiger partial charge in [0.15, 0.2) is 0 Å². The van der Waals surface area contributed by atoms with E-state index in [0.29, 0.717) is 5.03 Å². The first kappa shape index (κ1) is 19.6. The number of terminal acetylenes is 1. The molecular weight excluding hydrogens is 415 g/mol. The molecule has 0 spiro atoms. The molecule has 1 rings (SSSR count). The zero-order valence-corrected chi connectivity index (χ0v) is 15.6. The van der Waals surface area contributed by atoms with Crippen molar-refractivity contribution in [2.45, 2.75) is 22.6 Å². The highest BCUT2D eigenvalue weighted by atomic mass is 127. The van der Waals surface area contributed by atoms with Gasteiger partial charge in [-0.3, -0.25) is 0 Å². The van der Waals surface area contributed by atoms with E-state index in [2.05, 4.69) is 48.4 Å². The van der Waals surface area contributed by atoms with Crippen LogP contribution in [0.2, 0.25) is 0 Å². The summed E-state index contributed by atoms with van der Waals surface area (Å²) in [6, 6.07) is 0. The predicted molar refractivity (Wildman–Crippen MR) is 89.4 cm³/mol. The molecule has 2 atom stereocenters. The molecule has 0 aromatic carbocycles. The topological polar surface area (TPSA) is 0 Å². The first-order chi connectivity index (χ1) is 8.41. The van der Waals surface area contributed by atoms with Gasteiger partial charge in [-0.1, -0.05) is 40.3 Å². The minimum Gasteiger partial charge on any atom is -1.00 e. The van der Waals surface area contributed by atoms with E-state index in [1.54, 1.807) is 0 Å². The summed E-state index contributed by atoms with van der Waals surface area (Å²) in [4.78, 5) is 0. The Balaban J connectivity index is 0.00000324. The van der Waals surface area contributed by atoms with E-state index < -0.39 is 0 Å². The number of hydrogen-bond donors (Lipinski definition) is 0. The molecule has 1 aliphatic rings. The molecule has 1 aliphatic carbocycles. The fraction of sp³-hybridized carbons (Fsp3) is 0.571. The number of halogens is 4. The smallest absolute Gasteiger partial charge is 0.140 e. The normalized spacial score (nSPS) is 26.3. The lowest BCUT2D eigenvalue weighted by atomic mass is 9.98. The highest BCUT2D eigenvalue weighted by Gasteiger charge is 2.41. The van der Waals surface area contributed by atoms with Crippen LogP contribution >= 0.6 is 45.8 Å². The van der Waals surface area contributed by atoms with Crippen LogP contribution in [0, 0.1) is 12.3 Å². The van der Waals surface area contributed by atoms with Crippen LogP contribution in [0.3, 0.4) is 0 Å². The van der Waals surface area contributed by atoms with Crippen molar-refractivity contribution < 1.29 is 16.9 Å². The maximum Gasteiger partial charge on any atom is 0.140 e. The van der Waals surface area contributed by atoms with Gasteiger partial charge in [0.1, 0.15) is 9.97 Å². The van der Waals surface area contributed by atoms with Crippen molar-refractivity contribution in [2.75, 3.05) is 26.2 Å². The van der Waals surface area contributed by atoms with Gasteiger partial charge in [0.05, 0.1) is 25.0 Å². The standard InChI is InChI=1S/C14H19Cl2IN.ClH/c1-4-9-18(5-2,6-3)11-14(17)8-7-12(15)10-13(14)16;/h1,7-8,10,13H,5-6,9,11H2,2-3H3;1H/q+1;/p-1. The van der Waals surface area contributed by atoms with E-state index >= 15 is 0 Å². The largest absolute Gasteiger partial charge is 1.00 e. The van der Waals surface area contributed by atoms with Gasteiger partial charge in [-0.2, -0.15) is 0 Å². The average Bonchev–Trinajstić information content (AvgIpc) is 2.34. The number of rotatable bonds is 5. The molecule has 0 aliphatic heterocycles. The predicted octanol–water partition coefficient (Wildman–Crippen LogP) is 0.954. The van der Waals surface area contributed by atoms with Crippen LogP contribution in [0.25, 0.3) is 0 Å². The van der Waals surface area contributed by atoms with Crippen molar-refractivity contribution in [3.8, 4) is 12.3 Å². The molecule has 0 N–H and O–H groups in total. The van der Waals surface area contributed by atoms with Crippen LogP contribution in [-0.2, 0) is 0 Å². The van der Waals surface area contributed by atoms with Gasteiger partial charge in [-0.05, 0) is 31.9 Å². The van der Waals surface area contributed by atoms with Gasteiger partial charge in [0.25, 0.3) is 0 Å². The van der Waals surface area contributed by atoms with Crippen molar-refractivity contribution in [1.82, 2.24) is 0 Å². The number of alkyl halides is 2. The van der Waals surface area contributed by atoms with Crippen molar-refractivity contribution in [3.63, 3.8) is 0 Å². The van der Waals surface area contributed by atoms with Crippen LogP contribution in [0.4, 0.5) is 0 Å². The lowest BCUT2D eigenvalue weighted by Crippen LogP contribution is -3.00. The molecule has 2 unspecified atom stereocenters. The first-order valence-corrected chi connectivity index (χ1v) is 7.99. The highest BCUT2D eigenvalue weighted by Crippen LogP contribution is 2.37. The summed E-state index contributed by atoms with van der Waals surface area (Å²) in [7, 11) is 0. The number of nitrogens with zero attached hydrogens (tertiary/aromatic N) is 1. The summed E-state index contributed by atoms with van der Waals surface area (Å²) < 4.78 is 0.763. The molecule has 0 heterocycles. The van der Waals surface area contributed by atoms with Crippen LogP contribution in [-0.4, -0.2) is 39.5 Å². The molecule has 0 aromatic rings. The quantitative estimate of drug-likeness (QED) is 0.262. The lowest BCUT2D eigenvalue weighted by molar-refractivity contribution is -0.918. The third-order valence-electron chi connectivity index (χ3n) is 3.63. The Bertz CT molecular complexity index is 396. The van der Waals surface area contributed by atoms with E-state index in [4.69, 9.17) is 29.6 Å². The van der Waals surface area contributed by atoms with Crippen LogP contribution in [0.5, 0.6) is 0 Å². The molecule has 5 heteroatoms. The summed E-state index contributed by atoms with van der Waals surface area (Å²) >= 11 is 14.9. The molecule has 108 valence electrons. The molecular formula is C14H19Cl3IN. The Hall–Kier alpha value is 0.600. The SMILES string of the molecule is C#CC[N+](CC)(CC)CC1(I)C=CC(Cl)=CC1Cl.[Cl-]. The molecule has 0 aromatic heterocycles. The van der Waals surface area contributed by atoms with Crippen molar-refractivity contribution >= 4 is 45.8 Å². The van der Waals surface area contributed by atoms with Crippen molar-refractivity contribution in [3.05, 3.63) is 23.3 Å². The third-order valence-corrected chi connectivity index (χ3v) is 6.14. The second kappa shape index (κ2) is 8.14. The molecule has 0 saturated heterocycles.